The maximum atomic E-state index is 5.84. The Labute approximate surface area is 125 Å². The number of hydrogen-bond acceptors (Lipinski definition) is 3. The van der Waals surface area contributed by atoms with Gasteiger partial charge in [-0.15, -0.1) is 0 Å². The van der Waals surface area contributed by atoms with E-state index in [9.17, 15) is 0 Å². The Kier molecular flexibility index (Phi) is 4.11. The maximum Gasteiger partial charge on any atom is 0.127 e. The van der Waals surface area contributed by atoms with Crippen LogP contribution < -0.4 is 14.8 Å². The van der Waals surface area contributed by atoms with Crippen LogP contribution in [0.4, 0.5) is 0 Å². The fourth-order valence-corrected chi connectivity index (χ4v) is 2.92. The lowest BCUT2D eigenvalue weighted by atomic mass is 9.96. The highest BCUT2D eigenvalue weighted by Gasteiger charge is 2.22. The molecule has 1 unspecified atom stereocenters. The number of fused-ring (bicyclic) bond motifs is 1. The quantitative estimate of drug-likeness (QED) is 0.913. The van der Waals surface area contributed by atoms with Crippen LogP contribution in [0.1, 0.15) is 29.7 Å². The molecule has 1 N–H and O–H groups in total. The second kappa shape index (κ2) is 6.19. The van der Waals surface area contributed by atoms with Gasteiger partial charge >= 0.3 is 0 Å². The van der Waals surface area contributed by atoms with Gasteiger partial charge in [0.15, 0.2) is 0 Å². The molecule has 1 atom stereocenters. The molecule has 0 spiro atoms. The van der Waals surface area contributed by atoms with Crippen LogP contribution in [0.5, 0.6) is 11.5 Å². The molecule has 2 aromatic rings. The molecule has 0 aliphatic carbocycles. The molecule has 1 aliphatic rings. The monoisotopic (exact) mass is 283 g/mol. The van der Waals surface area contributed by atoms with E-state index in [0.717, 1.165) is 24.5 Å². The number of benzene rings is 2. The first-order valence-corrected chi connectivity index (χ1v) is 7.48. The number of ether oxygens (including phenoxy) is 2. The van der Waals surface area contributed by atoms with Crippen molar-refractivity contribution in [3.63, 3.8) is 0 Å². The summed E-state index contributed by atoms with van der Waals surface area (Å²) in [4.78, 5) is 0. The molecule has 3 heteroatoms. The van der Waals surface area contributed by atoms with Crippen molar-refractivity contribution < 1.29 is 9.47 Å². The molecule has 110 valence electrons. The Morgan fingerprint density at radius 3 is 2.90 bits per heavy atom. The zero-order valence-electron chi connectivity index (χ0n) is 12.6. The van der Waals surface area contributed by atoms with E-state index in [2.05, 4.69) is 35.6 Å². The second-order valence-corrected chi connectivity index (χ2v) is 5.16. The molecule has 0 amide bonds. The van der Waals surface area contributed by atoms with Crippen molar-refractivity contribution in [2.24, 2.45) is 0 Å². The van der Waals surface area contributed by atoms with E-state index in [1.54, 1.807) is 0 Å². The van der Waals surface area contributed by atoms with Gasteiger partial charge in [0, 0.05) is 12.0 Å². The third-order valence-electron chi connectivity index (χ3n) is 3.85. The van der Waals surface area contributed by atoms with Gasteiger partial charge in [0.25, 0.3) is 0 Å². The van der Waals surface area contributed by atoms with Gasteiger partial charge < -0.3 is 14.8 Å². The summed E-state index contributed by atoms with van der Waals surface area (Å²) in [5.74, 6) is 1.95. The van der Waals surface area contributed by atoms with Crippen LogP contribution in [0.3, 0.4) is 0 Å². The van der Waals surface area contributed by atoms with E-state index in [4.69, 9.17) is 9.47 Å². The first-order valence-electron chi connectivity index (χ1n) is 7.48. The van der Waals surface area contributed by atoms with E-state index < -0.39 is 0 Å². The number of hydrogen-bond donors (Lipinski definition) is 1. The Morgan fingerprint density at radius 2 is 2.10 bits per heavy atom. The summed E-state index contributed by atoms with van der Waals surface area (Å²) in [7, 11) is 1.98. The highest BCUT2D eigenvalue weighted by molar-refractivity contribution is 5.49. The molecule has 0 aromatic heterocycles. The number of nitrogens with one attached hydrogen (secondary N) is 1. The van der Waals surface area contributed by atoms with Crippen LogP contribution in [-0.4, -0.2) is 20.3 Å². The number of rotatable bonds is 5. The largest absolute Gasteiger partial charge is 0.494 e. The summed E-state index contributed by atoms with van der Waals surface area (Å²) in [5, 5.41) is 3.40. The Hall–Kier alpha value is -2.00. The summed E-state index contributed by atoms with van der Waals surface area (Å²) in [6.45, 7) is 3.46. The molecule has 1 heterocycles. The number of para-hydroxylation sites is 1. The van der Waals surface area contributed by atoms with Gasteiger partial charge in [0.1, 0.15) is 11.5 Å². The summed E-state index contributed by atoms with van der Waals surface area (Å²) in [5.41, 5.74) is 3.68. The molecule has 0 saturated carbocycles. The van der Waals surface area contributed by atoms with Gasteiger partial charge in [-0.1, -0.05) is 30.3 Å². The van der Waals surface area contributed by atoms with Crippen LogP contribution >= 0.6 is 0 Å². The van der Waals surface area contributed by atoms with Gasteiger partial charge in [-0.25, -0.2) is 0 Å². The molecule has 2 aromatic carbocycles. The van der Waals surface area contributed by atoms with Gasteiger partial charge in [-0.3, -0.25) is 0 Å². The molecular formula is C18H21NO2. The van der Waals surface area contributed by atoms with Crippen molar-refractivity contribution in [3.8, 4) is 11.5 Å². The van der Waals surface area contributed by atoms with Crippen molar-refractivity contribution in [3.05, 3.63) is 59.2 Å². The van der Waals surface area contributed by atoms with E-state index in [1.165, 1.54) is 16.7 Å². The van der Waals surface area contributed by atoms with Gasteiger partial charge in [-0.05, 0) is 37.2 Å². The van der Waals surface area contributed by atoms with Crippen molar-refractivity contribution in [2.45, 2.75) is 19.4 Å². The minimum atomic E-state index is 0.110. The summed E-state index contributed by atoms with van der Waals surface area (Å²) in [6, 6.07) is 14.8. The van der Waals surface area contributed by atoms with Crippen molar-refractivity contribution >= 4 is 0 Å². The zero-order valence-corrected chi connectivity index (χ0v) is 12.6. The first kappa shape index (κ1) is 14.0. The van der Waals surface area contributed by atoms with Gasteiger partial charge in [0.2, 0.25) is 0 Å². The van der Waals surface area contributed by atoms with Crippen molar-refractivity contribution in [1.29, 1.82) is 0 Å². The summed E-state index contributed by atoms with van der Waals surface area (Å²) in [6.07, 6.45) is 0.999. The van der Waals surface area contributed by atoms with Crippen molar-refractivity contribution in [1.82, 2.24) is 5.32 Å². The molecule has 0 fully saturated rings. The Morgan fingerprint density at radius 1 is 1.24 bits per heavy atom. The minimum Gasteiger partial charge on any atom is -0.494 e. The average Bonchev–Trinajstić information content (AvgIpc) is 2.98. The highest BCUT2D eigenvalue weighted by atomic mass is 16.5. The van der Waals surface area contributed by atoms with E-state index in [0.29, 0.717) is 6.61 Å². The highest BCUT2D eigenvalue weighted by Crippen LogP contribution is 2.36. The lowest BCUT2D eigenvalue weighted by molar-refractivity contribution is 0.339. The van der Waals surface area contributed by atoms with Gasteiger partial charge in [-0.2, -0.15) is 0 Å². The molecule has 21 heavy (non-hydrogen) atoms. The molecular weight excluding hydrogens is 262 g/mol. The van der Waals surface area contributed by atoms with Crippen LogP contribution in [0.2, 0.25) is 0 Å². The zero-order chi connectivity index (χ0) is 14.7. The van der Waals surface area contributed by atoms with Crippen LogP contribution in [0.15, 0.2) is 42.5 Å². The van der Waals surface area contributed by atoms with Gasteiger partial charge in [0.05, 0.1) is 19.3 Å². The first-order chi connectivity index (χ1) is 10.3. The summed E-state index contributed by atoms with van der Waals surface area (Å²) < 4.78 is 11.5. The lowest BCUT2D eigenvalue weighted by Gasteiger charge is -2.20. The lowest BCUT2D eigenvalue weighted by Crippen LogP contribution is -2.18. The van der Waals surface area contributed by atoms with Crippen LogP contribution in [-0.2, 0) is 6.42 Å². The second-order valence-electron chi connectivity index (χ2n) is 5.16. The van der Waals surface area contributed by atoms with Crippen molar-refractivity contribution in [2.75, 3.05) is 20.3 Å². The van der Waals surface area contributed by atoms with E-state index in [1.807, 2.05) is 26.1 Å². The van der Waals surface area contributed by atoms with E-state index >= 15 is 0 Å². The van der Waals surface area contributed by atoms with Crippen LogP contribution in [0, 0.1) is 0 Å². The average molecular weight is 283 g/mol. The Balaban J connectivity index is 1.99. The third-order valence-corrected chi connectivity index (χ3v) is 3.85. The molecule has 0 bridgehead atoms. The molecule has 3 nitrogen and oxygen atoms in total. The predicted octanol–water partition coefficient (Wildman–Crippen LogP) is 3.33. The van der Waals surface area contributed by atoms with E-state index in [-0.39, 0.29) is 6.04 Å². The smallest absolute Gasteiger partial charge is 0.127 e. The fraction of sp³-hybridized carbons (Fsp3) is 0.333. The third kappa shape index (κ3) is 2.74. The Bertz CT molecular complexity index is 624. The molecule has 0 saturated heterocycles. The topological polar surface area (TPSA) is 30.5 Å². The maximum absolute atomic E-state index is 5.84. The standard InChI is InChI=1S/C18H21NO2/c1-3-20-15-8-4-7-14(12-15)17(19-2)16-9-5-6-13-10-11-21-18(13)16/h4-9,12,17,19H,3,10-11H2,1-2H3. The molecule has 1 aliphatic heterocycles. The molecule has 0 radical (unpaired) electrons. The minimum absolute atomic E-state index is 0.110. The summed E-state index contributed by atoms with van der Waals surface area (Å²) >= 11 is 0. The predicted molar refractivity (Wildman–Crippen MR) is 84.2 cm³/mol. The fourth-order valence-electron chi connectivity index (χ4n) is 2.92. The SMILES string of the molecule is CCOc1cccc(C(NC)c2cccc3c2OCC3)c1. The molecule has 3 rings (SSSR count). The normalized spacial score (nSPS) is 14.4. The van der Waals surface area contributed by atoms with Crippen LogP contribution in [0.25, 0.3) is 0 Å².